The Balaban J connectivity index is 1.99. The van der Waals surface area contributed by atoms with Crippen LogP contribution in [0.1, 0.15) is 18.4 Å². The zero-order chi connectivity index (χ0) is 12.1. The van der Waals surface area contributed by atoms with Crippen LogP contribution in [0.4, 0.5) is 0 Å². The molecule has 2 aromatic carbocycles. The van der Waals surface area contributed by atoms with E-state index in [1.165, 1.54) is 5.56 Å². The zero-order valence-corrected chi connectivity index (χ0v) is 11.4. The van der Waals surface area contributed by atoms with Gasteiger partial charge in [0.15, 0.2) is 0 Å². The Hall–Kier alpha value is -1.28. The second-order valence-electron chi connectivity index (χ2n) is 4.05. The molecule has 17 heavy (non-hydrogen) atoms. The maximum Gasteiger partial charge on any atom is 0.119 e. The standard InChI is InChI=1S/C15H15BrO/c1-12(14-9-5-6-10-15(14)16)11-17-13-7-3-2-4-8-13/h2-10,12H,11H2,1H3. The minimum atomic E-state index is 0.366. The third kappa shape index (κ3) is 3.34. The molecule has 0 aliphatic heterocycles. The molecular formula is C15H15BrO. The largest absolute Gasteiger partial charge is 0.493 e. The Labute approximate surface area is 111 Å². The first-order valence-electron chi connectivity index (χ1n) is 5.69. The van der Waals surface area contributed by atoms with Crippen molar-refractivity contribution in [1.82, 2.24) is 0 Å². The van der Waals surface area contributed by atoms with Crippen LogP contribution in [0.3, 0.4) is 0 Å². The van der Waals surface area contributed by atoms with Gasteiger partial charge in [0.25, 0.3) is 0 Å². The van der Waals surface area contributed by atoms with E-state index >= 15 is 0 Å². The van der Waals surface area contributed by atoms with Crippen LogP contribution in [-0.2, 0) is 0 Å². The van der Waals surface area contributed by atoms with Crippen LogP contribution in [0, 0.1) is 0 Å². The van der Waals surface area contributed by atoms with Gasteiger partial charge in [-0.3, -0.25) is 0 Å². The second kappa shape index (κ2) is 5.87. The Bertz CT molecular complexity index is 467. The van der Waals surface area contributed by atoms with E-state index in [2.05, 4.69) is 41.1 Å². The fourth-order valence-corrected chi connectivity index (χ4v) is 2.38. The summed E-state index contributed by atoms with van der Waals surface area (Å²) < 4.78 is 6.90. The van der Waals surface area contributed by atoms with E-state index in [0.29, 0.717) is 12.5 Å². The molecule has 0 radical (unpaired) electrons. The van der Waals surface area contributed by atoms with Crippen LogP contribution in [-0.4, -0.2) is 6.61 Å². The molecule has 0 aromatic heterocycles. The van der Waals surface area contributed by atoms with Crippen LogP contribution in [0.2, 0.25) is 0 Å². The highest BCUT2D eigenvalue weighted by molar-refractivity contribution is 9.10. The first kappa shape index (κ1) is 12.2. The van der Waals surface area contributed by atoms with Crippen molar-refractivity contribution in [2.24, 2.45) is 0 Å². The van der Waals surface area contributed by atoms with Gasteiger partial charge in [-0.2, -0.15) is 0 Å². The Kier molecular flexibility index (Phi) is 4.21. The summed E-state index contributed by atoms with van der Waals surface area (Å²) >= 11 is 3.57. The lowest BCUT2D eigenvalue weighted by molar-refractivity contribution is 0.295. The summed E-state index contributed by atoms with van der Waals surface area (Å²) in [6.45, 7) is 2.86. The summed E-state index contributed by atoms with van der Waals surface area (Å²) in [7, 11) is 0. The Morgan fingerprint density at radius 1 is 1.00 bits per heavy atom. The van der Waals surface area contributed by atoms with Crippen LogP contribution in [0.25, 0.3) is 0 Å². The van der Waals surface area contributed by atoms with Crippen molar-refractivity contribution >= 4 is 15.9 Å². The van der Waals surface area contributed by atoms with Crippen LogP contribution >= 0.6 is 15.9 Å². The van der Waals surface area contributed by atoms with Gasteiger partial charge < -0.3 is 4.74 Å². The second-order valence-corrected chi connectivity index (χ2v) is 4.90. The van der Waals surface area contributed by atoms with Crippen LogP contribution in [0.15, 0.2) is 59.1 Å². The zero-order valence-electron chi connectivity index (χ0n) is 9.77. The molecule has 0 bridgehead atoms. The lowest BCUT2D eigenvalue weighted by Crippen LogP contribution is -2.07. The normalized spacial score (nSPS) is 12.1. The molecule has 0 spiro atoms. The molecule has 0 aliphatic rings. The number of benzene rings is 2. The quantitative estimate of drug-likeness (QED) is 0.798. The summed E-state index contributed by atoms with van der Waals surface area (Å²) in [5.74, 6) is 1.29. The highest BCUT2D eigenvalue weighted by atomic mass is 79.9. The fraction of sp³-hybridized carbons (Fsp3) is 0.200. The van der Waals surface area contributed by atoms with Gasteiger partial charge in [0.05, 0.1) is 6.61 Å². The molecule has 0 saturated carbocycles. The van der Waals surface area contributed by atoms with Gasteiger partial charge in [0.1, 0.15) is 5.75 Å². The highest BCUT2D eigenvalue weighted by Crippen LogP contribution is 2.25. The Morgan fingerprint density at radius 3 is 2.35 bits per heavy atom. The predicted octanol–water partition coefficient (Wildman–Crippen LogP) is 4.63. The molecule has 0 fully saturated rings. The fourth-order valence-electron chi connectivity index (χ4n) is 1.70. The average molecular weight is 291 g/mol. The number of para-hydroxylation sites is 1. The van der Waals surface area contributed by atoms with Crippen LogP contribution in [0.5, 0.6) is 5.75 Å². The van der Waals surface area contributed by atoms with Crippen molar-refractivity contribution in [1.29, 1.82) is 0 Å². The number of rotatable bonds is 4. The van der Waals surface area contributed by atoms with Crippen LogP contribution < -0.4 is 4.74 Å². The van der Waals surface area contributed by atoms with Gasteiger partial charge in [0, 0.05) is 10.4 Å². The van der Waals surface area contributed by atoms with E-state index in [-0.39, 0.29) is 0 Å². The molecule has 2 rings (SSSR count). The van der Waals surface area contributed by atoms with Gasteiger partial charge in [-0.1, -0.05) is 59.3 Å². The minimum absolute atomic E-state index is 0.366. The summed E-state index contributed by atoms with van der Waals surface area (Å²) in [6, 6.07) is 18.2. The van der Waals surface area contributed by atoms with E-state index in [1.807, 2.05) is 36.4 Å². The molecule has 88 valence electrons. The SMILES string of the molecule is CC(COc1ccccc1)c1ccccc1Br. The summed E-state index contributed by atoms with van der Waals surface area (Å²) in [5, 5.41) is 0. The maximum atomic E-state index is 5.76. The molecule has 2 heteroatoms. The monoisotopic (exact) mass is 290 g/mol. The van der Waals surface area contributed by atoms with Crippen molar-refractivity contribution in [3.63, 3.8) is 0 Å². The number of halogens is 1. The van der Waals surface area contributed by atoms with Gasteiger partial charge in [0.2, 0.25) is 0 Å². The number of hydrogen-bond acceptors (Lipinski definition) is 1. The van der Waals surface area contributed by atoms with E-state index in [1.54, 1.807) is 0 Å². The highest BCUT2D eigenvalue weighted by Gasteiger charge is 2.09. The Morgan fingerprint density at radius 2 is 1.65 bits per heavy atom. The van der Waals surface area contributed by atoms with E-state index < -0.39 is 0 Å². The first-order valence-corrected chi connectivity index (χ1v) is 6.49. The molecule has 0 saturated heterocycles. The molecular weight excluding hydrogens is 276 g/mol. The van der Waals surface area contributed by atoms with E-state index in [4.69, 9.17) is 4.74 Å². The lowest BCUT2D eigenvalue weighted by Gasteiger charge is -2.14. The maximum absolute atomic E-state index is 5.76. The van der Waals surface area contributed by atoms with Crippen molar-refractivity contribution < 1.29 is 4.74 Å². The third-order valence-corrected chi connectivity index (χ3v) is 3.40. The molecule has 0 aliphatic carbocycles. The first-order chi connectivity index (χ1) is 8.27. The molecule has 1 unspecified atom stereocenters. The van der Waals surface area contributed by atoms with Crippen molar-refractivity contribution in [3.05, 3.63) is 64.6 Å². The summed E-state index contributed by atoms with van der Waals surface area (Å²) in [6.07, 6.45) is 0. The average Bonchev–Trinajstić information content (AvgIpc) is 2.38. The smallest absolute Gasteiger partial charge is 0.119 e. The van der Waals surface area contributed by atoms with Gasteiger partial charge in [-0.05, 0) is 23.8 Å². The molecule has 0 heterocycles. The predicted molar refractivity (Wildman–Crippen MR) is 74.5 cm³/mol. The van der Waals surface area contributed by atoms with Gasteiger partial charge >= 0.3 is 0 Å². The van der Waals surface area contributed by atoms with Crippen molar-refractivity contribution in [2.45, 2.75) is 12.8 Å². The van der Waals surface area contributed by atoms with E-state index in [0.717, 1.165) is 10.2 Å². The van der Waals surface area contributed by atoms with Crippen molar-refractivity contribution in [3.8, 4) is 5.75 Å². The molecule has 1 atom stereocenters. The third-order valence-electron chi connectivity index (χ3n) is 2.68. The topological polar surface area (TPSA) is 9.23 Å². The molecule has 0 amide bonds. The number of hydrogen-bond donors (Lipinski definition) is 0. The minimum Gasteiger partial charge on any atom is -0.493 e. The van der Waals surface area contributed by atoms with E-state index in [9.17, 15) is 0 Å². The van der Waals surface area contributed by atoms with Gasteiger partial charge in [-0.15, -0.1) is 0 Å². The molecule has 0 N–H and O–H groups in total. The molecule has 1 nitrogen and oxygen atoms in total. The van der Waals surface area contributed by atoms with Crippen molar-refractivity contribution in [2.75, 3.05) is 6.61 Å². The lowest BCUT2D eigenvalue weighted by atomic mass is 10.0. The van der Waals surface area contributed by atoms with Gasteiger partial charge in [-0.25, -0.2) is 0 Å². The summed E-state index contributed by atoms with van der Waals surface area (Å²) in [5.41, 5.74) is 1.28. The molecule has 2 aromatic rings. The summed E-state index contributed by atoms with van der Waals surface area (Å²) in [4.78, 5) is 0. The number of ether oxygens (including phenoxy) is 1.